The standard InChI is InChI=1S/C35H30N2/c1-35(2,3)25-17-19-34-29(21-25)28-14-8-10-16-33(28)37(34)26-18-20-32-30(22-26)27-13-7-9-15-31(27)36(32)23-24-11-5-4-6-12-24/h4-22H,23H2,1-3H3/i23D2. The summed E-state index contributed by atoms with van der Waals surface area (Å²) in [6.45, 7) is 5.06. The minimum absolute atomic E-state index is 0.0654. The maximum Gasteiger partial charge on any atom is 0.0548 e. The first kappa shape index (κ1) is 19.8. The van der Waals surface area contributed by atoms with Crippen LogP contribution in [0, 0.1) is 0 Å². The zero-order valence-electron chi connectivity index (χ0n) is 23.4. The van der Waals surface area contributed by atoms with E-state index in [1.807, 2.05) is 53.1 Å². The zero-order chi connectivity index (χ0) is 26.9. The third-order valence-corrected chi connectivity index (χ3v) is 7.47. The highest BCUT2D eigenvalue weighted by Gasteiger charge is 2.19. The van der Waals surface area contributed by atoms with Crippen LogP contribution in [0.2, 0.25) is 0 Å². The lowest BCUT2D eigenvalue weighted by Crippen LogP contribution is -2.10. The summed E-state index contributed by atoms with van der Waals surface area (Å²) in [5, 5.41) is 4.58. The lowest BCUT2D eigenvalue weighted by Gasteiger charge is -2.19. The van der Waals surface area contributed by atoms with Crippen molar-refractivity contribution in [2.45, 2.75) is 32.7 Å². The molecule has 0 aliphatic heterocycles. The van der Waals surface area contributed by atoms with Gasteiger partial charge in [-0.25, -0.2) is 0 Å². The van der Waals surface area contributed by atoms with E-state index in [2.05, 4.69) is 92.1 Å². The molecule has 0 saturated heterocycles. The van der Waals surface area contributed by atoms with Gasteiger partial charge < -0.3 is 9.13 Å². The molecule has 0 unspecified atom stereocenters. The third kappa shape index (κ3) is 3.48. The molecule has 2 nitrogen and oxygen atoms in total. The number of aromatic nitrogens is 2. The minimum Gasteiger partial charge on any atom is -0.336 e. The Balaban J connectivity index is 1.52. The van der Waals surface area contributed by atoms with Crippen LogP contribution in [0.15, 0.2) is 115 Å². The molecule has 0 N–H and O–H groups in total. The van der Waals surface area contributed by atoms with Crippen LogP contribution in [0.1, 0.15) is 34.6 Å². The van der Waals surface area contributed by atoms with Gasteiger partial charge in [-0.2, -0.15) is 0 Å². The Labute approximate surface area is 220 Å². The van der Waals surface area contributed by atoms with Gasteiger partial charge in [0.2, 0.25) is 0 Å². The number of hydrogen-bond donors (Lipinski definition) is 0. The molecule has 7 rings (SSSR count). The SMILES string of the molecule is [2H]C([2H])(c1ccccc1)n1c2ccccc2c2cc(-n3c4ccccc4c4cc(C(C)(C)C)ccc43)ccc21. The Hall–Kier alpha value is -4.30. The average molecular weight is 481 g/mol. The first-order valence-corrected chi connectivity index (χ1v) is 12.9. The van der Waals surface area contributed by atoms with Crippen molar-refractivity contribution < 1.29 is 2.74 Å². The van der Waals surface area contributed by atoms with Crippen molar-refractivity contribution in [3.05, 3.63) is 126 Å². The number of nitrogens with zero attached hydrogens (tertiary/aromatic N) is 2. The third-order valence-electron chi connectivity index (χ3n) is 7.47. The van der Waals surface area contributed by atoms with Crippen LogP contribution in [0.3, 0.4) is 0 Å². The summed E-state index contributed by atoms with van der Waals surface area (Å²) in [7, 11) is 0. The van der Waals surface area contributed by atoms with Crippen LogP contribution in [-0.2, 0) is 11.9 Å². The Kier molecular flexibility index (Phi) is 4.35. The zero-order valence-corrected chi connectivity index (χ0v) is 21.4. The summed E-state index contributed by atoms with van der Waals surface area (Å²) < 4.78 is 22.6. The van der Waals surface area contributed by atoms with E-state index in [0.717, 1.165) is 27.5 Å². The minimum atomic E-state index is -1.71. The summed E-state index contributed by atoms with van der Waals surface area (Å²) in [4.78, 5) is 0. The molecular weight excluding hydrogens is 448 g/mol. The normalized spacial score (nSPS) is 13.5. The molecule has 0 fully saturated rings. The number of fused-ring (bicyclic) bond motifs is 6. The van der Waals surface area contributed by atoms with Gasteiger partial charge >= 0.3 is 0 Å². The Morgan fingerprint density at radius 3 is 1.89 bits per heavy atom. The van der Waals surface area contributed by atoms with Crippen molar-refractivity contribution in [2.24, 2.45) is 0 Å². The van der Waals surface area contributed by atoms with E-state index < -0.39 is 6.50 Å². The van der Waals surface area contributed by atoms with Gasteiger partial charge in [0.15, 0.2) is 0 Å². The van der Waals surface area contributed by atoms with Gasteiger partial charge in [0.1, 0.15) is 0 Å². The predicted molar refractivity (Wildman–Crippen MR) is 158 cm³/mol. The highest BCUT2D eigenvalue weighted by molar-refractivity contribution is 6.11. The summed E-state index contributed by atoms with van der Waals surface area (Å²) in [6, 6.07) is 39.4. The molecule has 0 saturated carbocycles. The fraction of sp³-hybridized carbons (Fsp3) is 0.143. The molecule has 180 valence electrons. The predicted octanol–water partition coefficient (Wildman–Crippen LogP) is 9.24. The van der Waals surface area contributed by atoms with Crippen molar-refractivity contribution in [3.63, 3.8) is 0 Å². The van der Waals surface area contributed by atoms with Crippen molar-refractivity contribution in [1.82, 2.24) is 9.13 Å². The number of rotatable bonds is 3. The molecule has 0 atom stereocenters. The lowest BCUT2D eigenvalue weighted by atomic mass is 9.86. The van der Waals surface area contributed by atoms with Gasteiger partial charge in [-0.05, 0) is 59.0 Å². The van der Waals surface area contributed by atoms with Gasteiger partial charge in [0.05, 0.1) is 13.8 Å². The fourth-order valence-electron chi connectivity index (χ4n) is 5.58. The lowest BCUT2D eigenvalue weighted by molar-refractivity contribution is 0.591. The molecule has 37 heavy (non-hydrogen) atoms. The van der Waals surface area contributed by atoms with E-state index in [4.69, 9.17) is 0 Å². The smallest absolute Gasteiger partial charge is 0.0548 e. The summed E-state index contributed by atoms with van der Waals surface area (Å²) >= 11 is 0. The van der Waals surface area contributed by atoms with Crippen molar-refractivity contribution >= 4 is 43.6 Å². The second kappa shape index (κ2) is 8.11. The maximum absolute atomic E-state index is 9.19. The molecule has 2 heteroatoms. The van der Waals surface area contributed by atoms with E-state index in [1.165, 1.54) is 27.4 Å². The van der Waals surface area contributed by atoms with Crippen molar-refractivity contribution in [2.75, 3.05) is 0 Å². The molecule has 5 aromatic carbocycles. The Morgan fingerprint density at radius 2 is 1.14 bits per heavy atom. The molecular formula is C35H30N2. The molecule has 2 heterocycles. The molecule has 7 aromatic rings. The van der Waals surface area contributed by atoms with Crippen molar-refractivity contribution in [1.29, 1.82) is 0 Å². The topological polar surface area (TPSA) is 9.86 Å². The van der Waals surface area contributed by atoms with Gasteiger partial charge in [-0.3, -0.25) is 0 Å². The molecule has 0 aliphatic rings. The van der Waals surface area contributed by atoms with E-state index in [-0.39, 0.29) is 5.41 Å². The molecule has 0 amide bonds. The highest BCUT2D eigenvalue weighted by Crippen LogP contribution is 2.37. The van der Waals surface area contributed by atoms with Crippen LogP contribution in [-0.4, -0.2) is 9.13 Å². The van der Waals surface area contributed by atoms with Crippen LogP contribution < -0.4 is 0 Å². The van der Waals surface area contributed by atoms with E-state index in [1.54, 1.807) is 0 Å². The quantitative estimate of drug-likeness (QED) is 0.238. The summed E-state index contributed by atoms with van der Waals surface area (Å²) in [5.41, 5.74) is 7.19. The van der Waals surface area contributed by atoms with E-state index in [9.17, 15) is 2.74 Å². The molecule has 0 radical (unpaired) electrons. The average Bonchev–Trinajstić information content (AvgIpc) is 3.45. The second-order valence-electron chi connectivity index (χ2n) is 10.9. The Bertz CT molecular complexity index is 2020. The molecule has 0 aliphatic carbocycles. The molecule has 0 bridgehead atoms. The largest absolute Gasteiger partial charge is 0.336 e. The number of hydrogen-bond acceptors (Lipinski definition) is 0. The molecule has 0 spiro atoms. The van der Waals surface area contributed by atoms with Crippen LogP contribution in [0.5, 0.6) is 0 Å². The van der Waals surface area contributed by atoms with Gasteiger partial charge in [0, 0.05) is 44.8 Å². The van der Waals surface area contributed by atoms with Gasteiger partial charge in [-0.15, -0.1) is 0 Å². The first-order valence-electron chi connectivity index (χ1n) is 13.9. The first-order chi connectivity index (χ1) is 18.7. The highest BCUT2D eigenvalue weighted by atomic mass is 15.0. The summed E-state index contributed by atoms with van der Waals surface area (Å²) in [6.07, 6.45) is 0. The van der Waals surface area contributed by atoms with Gasteiger partial charge in [0.25, 0.3) is 0 Å². The second-order valence-corrected chi connectivity index (χ2v) is 10.9. The number of benzene rings is 5. The van der Waals surface area contributed by atoms with Gasteiger partial charge in [-0.1, -0.05) is 93.6 Å². The van der Waals surface area contributed by atoms with E-state index in [0.29, 0.717) is 5.56 Å². The fourth-order valence-corrected chi connectivity index (χ4v) is 5.58. The van der Waals surface area contributed by atoms with E-state index >= 15 is 0 Å². The van der Waals surface area contributed by atoms with Crippen molar-refractivity contribution in [3.8, 4) is 5.69 Å². The van der Waals surface area contributed by atoms with Crippen LogP contribution in [0.4, 0.5) is 0 Å². The summed E-state index contributed by atoms with van der Waals surface area (Å²) in [5.74, 6) is 0. The Morgan fingerprint density at radius 1 is 0.568 bits per heavy atom. The van der Waals surface area contributed by atoms with Crippen LogP contribution in [0.25, 0.3) is 49.3 Å². The monoisotopic (exact) mass is 480 g/mol. The maximum atomic E-state index is 9.19. The van der Waals surface area contributed by atoms with Crippen LogP contribution >= 0.6 is 0 Å². The molecule has 2 aromatic heterocycles. The number of para-hydroxylation sites is 2.